The van der Waals surface area contributed by atoms with Crippen LogP contribution in [0.4, 0.5) is 5.82 Å². The Morgan fingerprint density at radius 3 is 2.64 bits per heavy atom. The van der Waals surface area contributed by atoms with E-state index < -0.39 is 0 Å². The van der Waals surface area contributed by atoms with Crippen molar-refractivity contribution < 1.29 is 4.74 Å². The first kappa shape index (κ1) is 9.68. The monoisotopic (exact) mass is 213 g/mol. The second-order valence-electron chi connectivity index (χ2n) is 3.10. The Hall–Kier alpha value is -0.870. The van der Waals surface area contributed by atoms with E-state index in [0.29, 0.717) is 5.88 Å². The van der Waals surface area contributed by atoms with E-state index >= 15 is 0 Å². The number of aromatic nitrogens is 2. The minimum Gasteiger partial charge on any atom is -0.378 e. The molecule has 0 saturated carbocycles. The molecule has 14 heavy (non-hydrogen) atoms. The number of ether oxygens (including phenoxy) is 1. The fourth-order valence-corrected chi connectivity index (χ4v) is 1.51. The summed E-state index contributed by atoms with van der Waals surface area (Å²) in [7, 11) is 0. The largest absolute Gasteiger partial charge is 0.378 e. The predicted molar refractivity (Wildman–Crippen MR) is 54.6 cm³/mol. The zero-order valence-electron chi connectivity index (χ0n) is 7.82. The van der Waals surface area contributed by atoms with E-state index in [4.69, 9.17) is 16.3 Å². The first-order valence-corrected chi connectivity index (χ1v) is 5.13. The van der Waals surface area contributed by atoms with Crippen molar-refractivity contribution in [2.24, 2.45) is 0 Å². The van der Waals surface area contributed by atoms with Crippen molar-refractivity contribution in [1.29, 1.82) is 0 Å². The summed E-state index contributed by atoms with van der Waals surface area (Å²) < 4.78 is 5.26. The molecule has 1 aromatic rings. The van der Waals surface area contributed by atoms with E-state index in [1.807, 2.05) is 0 Å². The molecule has 0 atom stereocenters. The summed E-state index contributed by atoms with van der Waals surface area (Å²) in [5.74, 6) is 1.32. The summed E-state index contributed by atoms with van der Waals surface area (Å²) in [4.78, 5) is 10.7. The molecule has 0 amide bonds. The molecule has 0 N–H and O–H groups in total. The lowest BCUT2D eigenvalue weighted by Gasteiger charge is -2.27. The van der Waals surface area contributed by atoms with Crippen molar-refractivity contribution >= 4 is 17.4 Å². The Bertz CT molecular complexity index is 285. The number of rotatable bonds is 2. The highest BCUT2D eigenvalue weighted by Gasteiger charge is 2.12. The van der Waals surface area contributed by atoms with E-state index in [1.165, 1.54) is 0 Å². The van der Waals surface area contributed by atoms with E-state index in [2.05, 4.69) is 14.9 Å². The van der Waals surface area contributed by atoms with Crippen LogP contribution in [0.3, 0.4) is 0 Å². The third kappa shape index (κ3) is 2.13. The van der Waals surface area contributed by atoms with E-state index in [-0.39, 0.29) is 0 Å². The lowest BCUT2D eigenvalue weighted by Crippen LogP contribution is -2.36. The van der Waals surface area contributed by atoms with Gasteiger partial charge in [0.2, 0.25) is 0 Å². The van der Waals surface area contributed by atoms with Gasteiger partial charge in [-0.05, 0) is 0 Å². The molecule has 0 radical (unpaired) electrons. The molecule has 0 bridgehead atoms. The van der Waals surface area contributed by atoms with Crippen molar-refractivity contribution in [3.05, 3.63) is 18.1 Å². The molecule has 2 rings (SSSR count). The number of anilines is 1. The zero-order chi connectivity index (χ0) is 9.80. The molecular weight excluding hydrogens is 202 g/mol. The highest BCUT2D eigenvalue weighted by molar-refractivity contribution is 6.16. The van der Waals surface area contributed by atoms with Crippen LogP contribution >= 0.6 is 11.6 Å². The van der Waals surface area contributed by atoms with Crippen molar-refractivity contribution in [3.63, 3.8) is 0 Å². The highest BCUT2D eigenvalue weighted by Crippen LogP contribution is 2.11. The van der Waals surface area contributed by atoms with Gasteiger partial charge in [-0.15, -0.1) is 11.6 Å². The molecule has 4 nitrogen and oxygen atoms in total. The molecule has 0 unspecified atom stereocenters. The van der Waals surface area contributed by atoms with Crippen LogP contribution in [0.1, 0.15) is 5.69 Å². The molecule has 1 fully saturated rings. The van der Waals surface area contributed by atoms with Crippen molar-refractivity contribution in [1.82, 2.24) is 9.97 Å². The number of hydrogen-bond acceptors (Lipinski definition) is 4. The Morgan fingerprint density at radius 2 is 2.07 bits per heavy atom. The van der Waals surface area contributed by atoms with Gasteiger partial charge in [-0.1, -0.05) is 0 Å². The van der Waals surface area contributed by atoms with Gasteiger partial charge in [0.05, 0.1) is 37.2 Å². The average Bonchev–Trinajstić information content (AvgIpc) is 2.30. The Labute approximate surface area is 87.9 Å². The maximum Gasteiger partial charge on any atom is 0.147 e. The molecule has 0 aromatic carbocycles. The molecule has 5 heteroatoms. The topological polar surface area (TPSA) is 38.2 Å². The molecule has 1 aromatic heterocycles. The first-order chi connectivity index (χ1) is 6.90. The van der Waals surface area contributed by atoms with Crippen molar-refractivity contribution in [2.75, 3.05) is 31.2 Å². The van der Waals surface area contributed by atoms with Crippen LogP contribution < -0.4 is 4.90 Å². The van der Waals surface area contributed by atoms with Crippen molar-refractivity contribution in [2.45, 2.75) is 5.88 Å². The minimum atomic E-state index is 0.413. The molecule has 2 heterocycles. The van der Waals surface area contributed by atoms with Gasteiger partial charge in [0.15, 0.2) is 0 Å². The molecular formula is C9H12ClN3O. The minimum absolute atomic E-state index is 0.413. The standard InChI is InChI=1S/C9H12ClN3O/c10-5-8-6-12-9(7-11-8)13-1-3-14-4-2-13/h6-7H,1-5H2. The quantitative estimate of drug-likeness (QED) is 0.689. The Morgan fingerprint density at radius 1 is 1.29 bits per heavy atom. The SMILES string of the molecule is ClCc1cnc(N2CCOCC2)cn1. The van der Waals surface area contributed by atoms with Crippen LogP contribution in [0.2, 0.25) is 0 Å². The normalized spacial score (nSPS) is 17.1. The van der Waals surface area contributed by atoms with Crippen LogP contribution in [0.25, 0.3) is 0 Å². The number of hydrogen-bond donors (Lipinski definition) is 0. The zero-order valence-corrected chi connectivity index (χ0v) is 8.57. The highest BCUT2D eigenvalue weighted by atomic mass is 35.5. The molecule has 1 aliphatic heterocycles. The van der Waals surface area contributed by atoms with Crippen LogP contribution in [0.15, 0.2) is 12.4 Å². The van der Waals surface area contributed by atoms with Gasteiger partial charge in [-0.2, -0.15) is 0 Å². The summed E-state index contributed by atoms with van der Waals surface area (Å²) in [5.41, 5.74) is 0.809. The average molecular weight is 214 g/mol. The number of morpholine rings is 1. The van der Waals surface area contributed by atoms with Crippen LogP contribution in [0.5, 0.6) is 0 Å². The smallest absolute Gasteiger partial charge is 0.147 e. The first-order valence-electron chi connectivity index (χ1n) is 4.60. The number of alkyl halides is 1. The third-order valence-corrected chi connectivity index (χ3v) is 2.44. The van der Waals surface area contributed by atoms with Gasteiger partial charge < -0.3 is 9.64 Å². The molecule has 0 aliphatic carbocycles. The summed E-state index contributed by atoms with van der Waals surface area (Å²) in [6, 6.07) is 0. The summed E-state index contributed by atoms with van der Waals surface area (Å²) in [6.45, 7) is 3.29. The number of halogens is 1. The van der Waals surface area contributed by atoms with Gasteiger partial charge >= 0.3 is 0 Å². The summed E-state index contributed by atoms with van der Waals surface area (Å²) >= 11 is 5.63. The van der Waals surface area contributed by atoms with E-state index in [0.717, 1.165) is 37.8 Å². The molecule has 76 valence electrons. The lowest BCUT2D eigenvalue weighted by molar-refractivity contribution is 0.122. The van der Waals surface area contributed by atoms with Crippen LogP contribution in [-0.2, 0) is 10.6 Å². The van der Waals surface area contributed by atoms with Gasteiger partial charge in [-0.3, -0.25) is 4.98 Å². The fourth-order valence-electron chi connectivity index (χ4n) is 1.37. The van der Waals surface area contributed by atoms with Crippen molar-refractivity contribution in [3.8, 4) is 0 Å². The second kappa shape index (κ2) is 4.57. The van der Waals surface area contributed by atoms with Crippen LogP contribution in [0, 0.1) is 0 Å². The van der Waals surface area contributed by atoms with E-state index in [9.17, 15) is 0 Å². The molecule has 1 saturated heterocycles. The maximum absolute atomic E-state index is 5.63. The lowest BCUT2D eigenvalue weighted by atomic mass is 10.4. The molecule has 0 spiro atoms. The Balaban J connectivity index is 2.07. The number of nitrogens with zero attached hydrogens (tertiary/aromatic N) is 3. The predicted octanol–water partition coefficient (Wildman–Crippen LogP) is 1.05. The molecule has 1 aliphatic rings. The van der Waals surface area contributed by atoms with Gasteiger partial charge in [0.25, 0.3) is 0 Å². The summed E-state index contributed by atoms with van der Waals surface area (Å²) in [5, 5.41) is 0. The van der Waals surface area contributed by atoms with Crippen LogP contribution in [-0.4, -0.2) is 36.3 Å². The van der Waals surface area contributed by atoms with E-state index in [1.54, 1.807) is 12.4 Å². The Kier molecular flexibility index (Phi) is 3.16. The van der Waals surface area contributed by atoms with Gasteiger partial charge in [0, 0.05) is 13.1 Å². The second-order valence-corrected chi connectivity index (χ2v) is 3.37. The summed E-state index contributed by atoms with van der Waals surface area (Å²) in [6.07, 6.45) is 3.49. The van der Waals surface area contributed by atoms with Gasteiger partial charge in [-0.25, -0.2) is 4.98 Å². The third-order valence-electron chi connectivity index (χ3n) is 2.16. The maximum atomic E-state index is 5.63. The van der Waals surface area contributed by atoms with Gasteiger partial charge in [0.1, 0.15) is 5.82 Å². The fraction of sp³-hybridized carbons (Fsp3) is 0.556.